The number of alkyl carbamates (subject to hydrolysis) is 1. The van der Waals surface area contributed by atoms with E-state index >= 15 is 0 Å². The van der Waals surface area contributed by atoms with E-state index in [-0.39, 0.29) is 6.61 Å². The Kier molecular flexibility index (Phi) is 7.88. The van der Waals surface area contributed by atoms with Crippen molar-refractivity contribution in [3.05, 3.63) is 107 Å². The fourth-order valence-corrected chi connectivity index (χ4v) is 3.51. The highest BCUT2D eigenvalue weighted by atomic mass is 16.6. The van der Waals surface area contributed by atoms with Crippen molar-refractivity contribution in [3.63, 3.8) is 0 Å². The van der Waals surface area contributed by atoms with E-state index in [1.807, 2.05) is 113 Å². The van der Waals surface area contributed by atoms with Gasteiger partial charge in [0.25, 0.3) is 0 Å². The molecule has 2 atom stereocenters. The molecule has 0 bridgehead atoms. The quantitative estimate of drug-likeness (QED) is 0.447. The molecular formula is C28H31NO4. The molecule has 5 nitrogen and oxygen atoms in total. The minimum Gasteiger partial charge on any atom is -0.459 e. The highest BCUT2D eigenvalue weighted by Gasteiger charge is 2.36. The monoisotopic (exact) mass is 445 g/mol. The van der Waals surface area contributed by atoms with Crippen LogP contribution in [0.3, 0.4) is 0 Å². The van der Waals surface area contributed by atoms with Gasteiger partial charge in [-0.3, -0.25) is 4.79 Å². The molecule has 1 N–H and O–H groups in total. The van der Waals surface area contributed by atoms with Crippen LogP contribution in [0.1, 0.15) is 55.0 Å². The second-order valence-electron chi connectivity index (χ2n) is 9.02. The fraction of sp³-hybridized carbons (Fsp3) is 0.286. The predicted octanol–water partition coefficient (Wildman–Crippen LogP) is 6.09. The van der Waals surface area contributed by atoms with Gasteiger partial charge in [0.1, 0.15) is 18.1 Å². The Labute approximate surface area is 195 Å². The minimum atomic E-state index is -0.752. The molecule has 0 aliphatic rings. The van der Waals surface area contributed by atoms with Crippen molar-refractivity contribution in [2.45, 2.75) is 51.9 Å². The standard InChI is InChI=1S/C28H31NO4/c1-20-15-17-23(18-16-20)25(29-27(31)32-19-21-11-7-5-8-12-21)24(22-13-9-6-10-14-22)26(30)33-28(2,3)4/h5-18,24-25H,19H2,1-4H3,(H,29,31)/t24-,25+/m1/s1. The molecule has 3 rings (SSSR count). The molecular weight excluding hydrogens is 414 g/mol. The average molecular weight is 446 g/mol. The third-order valence-corrected chi connectivity index (χ3v) is 5.08. The Morgan fingerprint density at radius 3 is 1.97 bits per heavy atom. The van der Waals surface area contributed by atoms with E-state index in [1.54, 1.807) is 0 Å². The number of amides is 1. The number of hydrogen-bond acceptors (Lipinski definition) is 4. The Morgan fingerprint density at radius 1 is 0.818 bits per heavy atom. The summed E-state index contributed by atoms with van der Waals surface area (Å²) in [4.78, 5) is 26.2. The Balaban J connectivity index is 1.93. The van der Waals surface area contributed by atoms with E-state index < -0.39 is 29.6 Å². The number of nitrogens with one attached hydrogen (secondary N) is 1. The minimum absolute atomic E-state index is 0.135. The van der Waals surface area contributed by atoms with Gasteiger partial charge in [-0.2, -0.15) is 0 Å². The first-order valence-electron chi connectivity index (χ1n) is 11.0. The summed E-state index contributed by atoms with van der Waals surface area (Å²) >= 11 is 0. The highest BCUT2D eigenvalue weighted by molar-refractivity contribution is 5.81. The molecule has 172 valence electrons. The van der Waals surface area contributed by atoms with Crippen LogP contribution in [0.2, 0.25) is 0 Å². The smallest absolute Gasteiger partial charge is 0.407 e. The third-order valence-electron chi connectivity index (χ3n) is 5.08. The lowest BCUT2D eigenvalue weighted by molar-refractivity contribution is -0.157. The van der Waals surface area contributed by atoms with Crippen LogP contribution in [0.25, 0.3) is 0 Å². The summed E-state index contributed by atoms with van der Waals surface area (Å²) in [6, 6.07) is 25.9. The summed E-state index contributed by atoms with van der Waals surface area (Å²) < 4.78 is 11.2. The molecule has 0 aliphatic carbocycles. The first-order valence-corrected chi connectivity index (χ1v) is 11.0. The van der Waals surface area contributed by atoms with Gasteiger partial charge in [0.2, 0.25) is 0 Å². The first-order chi connectivity index (χ1) is 15.7. The lowest BCUT2D eigenvalue weighted by Gasteiger charge is -2.30. The molecule has 0 unspecified atom stereocenters. The number of rotatable bonds is 7. The molecule has 0 saturated heterocycles. The van der Waals surface area contributed by atoms with Gasteiger partial charge in [-0.1, -0.05) is 90.5 Å². The summed E-state index contributed by atoms with van der Waals surface area (Å²) in [5.41, 5.74) is 2.83. The van der Waals surface area contributed by atoms with Gasteiger partial charge in [-0.25, -0.2) is 4.79 Å². The lowest BCUT2D eigenvalue weighted by Crippen LogP contribution is -2.38. The van der Waals surface area contributed by atoms with E-state index in [0.717, 1.165) is 22.3 Å². The van der Waals surface area contributed by atoms with Gasteiger partial charge in [-0.15, -0.1) is 0 Å². The summed E-state index contributed by atoms with van der Waals surface area (Å²) in [5.74, 6) is -1.17. The molecule has 0 aromatic heterocycles. The van der Waals surface area contributed by atoms with Gasteiger partial charge in [0, 0.05) is 0 Å². The second-order valence-corrected chi connectivity index (χ2v) is 9.02. The predicted molar refractivity (Wildman–Crippen MR) is 129 cm³/mol. The molecule has 0 heterocycles. The summed E-state index contributed by atoms with van der Waals surface area (Å²) in [5, 5.41) is 2.93. The highest BCUT2D eigenvalue weighted by Crippen LogP contribution is 2.34. The van der Waals surface area contributed by atoms with Crippen molar-refractivity contribution in [3.8, 4) is 0 Å². The average Bonchev–Trinajstić information content (AvgIpc) is 2.78. The van der Waals surface area contributed by atoms with E-state index in [4.69, 9.17) is 9.47 Å². The Hall–Kier alpha value is -3.60. The maximum Gasteiger partial charge on any atom is 0.407 e. The Morgan fingerprint density at radius 2 is 1.39 bits per heavy atom. The third kappa shape index (κ3) is 7.21. The molecule has 0 aliphatic heterocycles. The van der Waals surface area contributed by atoms with Crippen LogP contribution >= 0.6 is 0 Å². The summed E-state index contributed by atoms with van der Waals surface area (Å²) in [7, 11) is 0. The van der Waals surface area contributed by atoms with Crippen molar-refractivity contribution < 1.29 is 19.1 Å². The number of carbonyl (C=O) groups is 2. The van der Waals surface area contributed by atoms with E-state index in [9.17, 15) is 9.59 Å². The van der Waals surface area contributed by atoms with Gasteiger partial charge in [0.15, 0.2) is 0 Å². The van der Waals surface area contributed by atoms with Crippen LogP contribution in [-0.2, 0) is 20.9 Å². The fourth-order valence-electron chi connectivity index (χ4n) is 3.51. The largest absolute Gasteiger partial charge is 0.459 e. The number of carbonyl (C=O) groups excluding carboxylic acids is 2. The normalized spacial score (nSPS) is 13.0. The first kappa shape index (κ1) is 24.1. The molecule has 0 saturated carbocycles. The second kappa shape index (κ2) is 10.8. The molecule has 1 amide bonds. The zero-order chi connectivity index (χ0) is 23.8. The number of ether oxygens (including phenoxy) is 2. The van der Waals surface area contributed by atoms with Gasteiger partial charge in [0.05, 0.1) is 6.04 Å². The maximum absolute atomic E-state index is 13.4. The molecule has 3 aromatic rings. The van der Waals surface area contributed by atoms with Crippen molar-refractivity contribution in [1.82, 2.24) is 5.32 Å². The molecule has 33 heavy (non-hydrogen) atoms. The summed E-state index contributed by atoms with van der Waals surface area (Å²) in [6.45, 7) is 7.61. The SMILES string of the molecule is Cc1ccc([C@H](NC(=O)OCc2ccccc2)[C@H](C(=O)OC(C)(C)C)c2ccccc2)cc1. The van der Waals surface area contributed by atoms with Crippen molar-refractivity contribution in [2.24, 2.45) is 0 Å². The van der Waals surface area contributed by atoms with Crippen LogP contribution < -0.4 is 5.32 Å². The number of esters is 1. The summed E-state index contributed by atoms with van der Waals surface area (Å²) in [6.07, 6.45) is -0.603. The van der Waals surface area contributed by atoms with Gasteiger partial charge < -0.3 is 14.8 Å². The topological polar surface area (TPSA) is 64.6 Å². The lowest BCUT2D eigenvalue weighted by atomic mass is 9.86. The molecule has 5 heteroatoms. The maximum atomic E-state index is 13.4. The van der Waals surface area contributed by atoms with E-state index in [2.05, 4.69) is 5.32 Å². The van der Waals surface area contributed by atoms with Gasteiger partial charge >= 0.3 is 12.1 Å². The zero-order valence-corrected chi connectivity index (χ0v) is 19.6. The van der Waals surface area contributed by atoms with Crippen LogP contribution in [0.15, 0.2) is 84.9 Å². The van der Waals surface area contributed by atoms with E-state index in [0.29, 0.717) is 0 Å². The number of hydrogen-bond donors (Lipinski definition) is 1. The Bertz CT molecular complexity index is 1040. The number of aryl methyl sites for hydroxylation is 1. The van der Waals surface area contributed by atoms with Crippen LogP contribution in [0, 0.1) is 6.92 Å². The van der Waals surface area contributed by atoms with Crippen LogP contribution in [0.5, 0.6) is 0 Å². The van der Waals surface area contributed by atoms with Crippen molar-refractivity contribution >= 4 is 12.1 Å². The van der Waals surface area contributed by atoms with E-state index in [1.165, 1.54) is 0 Å². The zero-order valence-electron chi connectivity index (χ0n) is 19.6. The van der Waals surface area contributed by atoms with Crippen LogP contribution in [0.4, 0.5) is 4.79 Å². The van der Waals surface area contributed by atoms with Crippen molar-refractivity contribution in [1.29, 1.82) is 0 Å². The molecule has 0 radical (unpaired) electrons. The van der Waals surface area contributed by atoms with Crippen LogP contribution in [-0.4, -0.2) is 17.7 Å². The molecule has 0 fully saturated rings. The number of benzene rings is 3. The van der Waals surface area contributed by atoms with Crippen molar-refractivity contribution in [2.75, 3.05) is 0 Å². The van der Waals surface area contributed by atoms with Gasteiger partial charge in [-0.05, 0) is 44.4 Å². The molecule has 0 spiro atoms. The molecule has 3 aromatic carbocycles.